The van der Waals surface area contributed by atoms with Crippen LogP contribution in [0.4, 0.5) is 0 Å². The van der Waals surface area contributed by atoms with Crippen LogP contribution in [0.2, 0.25) is 0 Å². The van der Waals surface area contributed by atoms with Gasteiger partial charge in [-0.2, -0.15) is 0 Å². The molecule has 0 heterocycles. The number of unbranched alkanes of at least 4 members (excludes halogenated alkanes) is 11. The fourth-order valence-corrected chi connectivity index (χ4v) is 2.44. The lowest BCUT2D eigenvalue weighted by molar-refractivity contribution is -0.864. The van der Waals surface area contributed by atoms with Crippen LogP contribution in [-0.2, 0) is 0 Å². The summed E-state index contributed by atoms with van der Waals surface area (Å²) in [7, 11) is 6.73. The van der Waals surface area contributed by atoms with Crippen molar-refractivity contribution in [2.45, 2.75) is 84.0 Å². The molecule has 0 aliphatic carbocycles. The molecule has 0 saturated carbocycles. The lowest BCUT2D eigenvalue weighted by atomic mass is 10.1. The molecule has 0 spiro atoms. The van der Waals surface area contributed by atoms with Gasteiger partial charge in [0.15, 0.2) is 0 Å². The number of likely N-dealkylation sites (N-methyl/N-ethyl adjacent to an activating group) is 1. The maximum atomic E-state index is 2.37. The average molecular weight is 318 g/mol. The zero-order valence-electron chi connectivity index (χ0n) is 15.2. The number of hydrogen-bond acceptors (Lipinski definition) is 0. The lowest BCUT2D eigenvalue weighted by Crippen LogP contribution is -3.00. The molecule has 0 N–H and O–H groups in total. The van der Waals surface area contributed by atoms with Gasteiger partial charge in [0.25, 0.3) is 0 Å². The van der Waals surface area contributed by atoms with Gasteiger partial charge < -0.3 is 16.9 Å². The third-order valence-electron chi connectivity index (χ3n) is 3.79. The quantitative estimate of drug-likeness (QED) is 0.262. The average Bonchev–Trinajstić information content (AvgIpc) is 2.38. The van der Waals surface area contributed by atoms with Gasteiger partial charge in [-0.3, -0.25) is 0 Å². The van der Waals surface area contributed by atoms with Gasteiger partial charge >= 0.3 is 0 Å². The summed E-state index contributed by atoms with van der Waals surface area (Å²) in [5.41, 5.74) is 0. The van der Waals surface area contributed by atoms with Crippen molar-refractivity contribution >= 4 is 0 Å². The van der Waals surface area contributed by atoms with Crippen molar-refractivity contribution < 1.29 is 16.9 Å². The summed E-state index contributed by atoms with van der Waals surface area (Å²) < 4.78 is 1.04. The third kappa shape index (κ3) is 22.4. The lowest BCUT2D eigenvalue weighted by Gasteiger charge is -2.21. The highest BCUT2D eigenvalue weighted by atomic mass is 35.5. The molecule has 128 valence electrons. The number of rotatable bonds is 14. The van der Waals surface area contributed by atoms with E-state index in [0.29, 0.717) is 0 Å². The molecule has 0 bridgehead atoms. The first-order chi connectivity index (χ1) is 9.56. The van der Waals surface area contributed by atoms with Gasteiger partial charge in [-0.05, 0) is 18.9 Å². The number of quaternary nitrogens is 1. The van der Waals surface area contributed by atoms with Gasteiger partial charge in [-0.25, -0.2) is 0 Å². The molecule has 0 rings (SSSR count). The van der Waals surface area contributed by atoms with E-state index in [2.05, 4.69) is 40.2 Å². The molecule has 1 nitrogen and oxygen atoms in total. The van der Waals surface area contributed by atoms with E-state index in [-0.39, 0.29) is 12.4 Å². The minimum absolute atomic E-state index is 0. The van der Waals surface area contributed by atoms with Gasteiger partial charge in [0, 0.05) is 0 Å². The normalized spacial score (nSPS) is 11.8. The standard InChI is InChI=1S/C19H40N.ClH/c1-5-6-7-8-9-10-11-12-13-14-15-16-17-18-19-20(2,3)4;/h17-18H,5-16,19H2,1-4H3;1H/q+1;/p-1/b18-17+;. The number of hydrogen-bond donors (Lipinski definition) is 0. The minimum Gasteiger partial charge on any atom is -1.00 e. The molecule has 0 amide bonds. The van der Waals surface area contributed by atoms with Crippen LogP contribution in [0.15, 0.2) is 12.2 Å². The Hall–Kier alpha value is -0.0100. The summed E-state index contributed by atoms with van der Waals surface area (Å²) in [5.74, 6) is 0. The molecule has 0 aliphatic heterocycles. The fraction of sp³-hybridized carbons (Fsp3) is 0.895. The monoisotopic (exact) mass is 317 g/mol. The number of allylic oxidation sites excluding steroid dienone is 1. The minimum atomic E-state index is 0. The van der Waals surface area contributed by atoms with E-state index in [1.807, 2.05) is 0 Å². The third-order valence-corrected chi connectivity index (χ3v) is 3.79. The Morgan fingerprint density at radius 3 is 1.48 bits per heavy atom. The Kier molecular flexibility index (Phi) is 18.1. The van der Waals surface area contributed by atoms with Gasteiger partial charge in [0.2, 0.25) is 0 Å². The summed E-state index contributed by atoms with van der Waals surface area (Å²) in [6.45, 7) is 3.44. The first kappa shape index (κ1) is 23.3. The summed E-state index contributed by atoms with van der Waals surface area (Å²) >= 11 is 0. The molecule has 0 radical (unpaired) electrons. The van der Waals surface area contributed by atoms with Crippen molar-refractivity contribution in [3.8, 4) is 0 Å². The van der Waals surface area contributed by atoms with Crippen LogP contribution in [0.25, 0.3) is 0 Å². The molecular weight excluding hydrogens is 278 g/mol. The van der Waals surface area contributed by atoms with E-state index < -0.39 is 0 Å². The number of nitrogens with zero attached hydrogens (tertiary/aromatic N) is 1. The second-order valence-corrected chi connectivity index (χ2v) is 7.27. The molecule has 2 heteroatoms. The predicted molar refractivity (Wildman–Crippen MR) is 93.1 cm³/mol. The molecule has 0 atom stereocenters. The van der Waals surface area contributed by atoms with Crippen LogP contribution in [0.3, 0.4) is 0 Å². The van der Waals surface area contributed by atoms with E-state index in [9.17, 15) is 0 Å². The zero-order chi connectivity index (χ0) is 15.1. The second kappa shape index (κ2) is 16.4. The van der Waals surface area contributed by atoms with E-state index in [4.69, 9.17) is 0 Å². The first-order valence-electron chi connectivity index (χ1n) is 9.01. The van der Waals surface area contributed by atoms with Crippen LogP contribution < -0.4 is 12.4 Å². The van der Waals surface area contributed by atoms with Crippen molar-refractivity contribution in [2.75, 3.05) is 27.7 Å². The van der Waals surface area contributed by atoms with Crippen LogP contribution in [-0.4, -0.2) is 32.2 Å². The molecule has 0 fully saturated rings. The maximum absolute atomic E-state index is 2.37. The molecule has 21 heavy (non-hydrogen) atoms. The van der Waals surface area contributed by atoms with Crippen LogP contribution >= 0.6 is 0 Å². The molecule has 0 saturated heterocycles. The Morgan fingerprint density at radius 2 is 1.05 bits per heavy atom. The van der Waals surface area contributed by atoms with Crippen molar-refractivity contribution in [2.24, 2.45) is 0 Å². The summed E-state index contributed by atoms with van der Waals surface area (Å²) in [6.07, 6.45) is 21.8. The van der Waals surface area contributed by atoms with Gasteiger partial charge in [0.05, 0.1) is 27.7 Å². The molecule has 0 unspecified atom stereocenters. The molecule has 0 aromatic heterocycles. The largest absolute Gasteiger partial charge is 1.00 e. The Morgan fingerprint density at radius 1 is 0.619 bits per heavy atom. The molecular formula is C19H40ClN. The smallest absolute Gasteiger partial charge is 0.0967 e. The summed E-state index contributed by atoms with van der Waals surface area (Å²) in [4.78, 5) is 0. The van der Waals surface area contributed by atoms with E-state index in [1.165, 1.54) is 77.0 Å². The van der Waals surface area contributed by atoms with Gasteiger partial charge in [0.1, 0.15) is 0 Å². The highest BCUT2D eigenvalue weighted by molar-refractivity contribution is 4.81. The van der Waals surface area contributed by atoms with Gasteiger partial charge in [-0.15, -0.1) is 0 Å². The van der Waals surface area contributed by atoms with Crippen LogP contribution in [0.5, 0.6) is 0 Å². The Labute approximate surface area is 141 Å². The number of halogens is 1. The molecule has 0 aliphatic rings. The first-order valence-corrected chi connectivity index (χ1v) is 9.01. The highest BCUT2D eigenvalue weighted by Gasteiger charge is 2.01. The van der Waals surface area contributed by atoms with Crippen LogP contribution in [0, 0.1) is 0 Å². The SMILES string of the molecule is CCCCCCCCCCCCC/C=C/C[N+](C)(C)C.[Cl-]. The van der Waals surface area contributed by atoms with Crippen molar-refractivity contribution in [3.05, 3.63) is 12.2 Å². The van der Waals surface area contributed by atoms with Crippen molar-refractivity contribution in [1.29, 1.82) is 0 Å². The summed E-state index contributed by atoms with van der Waals surface area (Å²) in [6, 6.07) is 0. The zero-order valence-corrected chi connectivity index (χ0v) is 15.9. The highest BCUT2D eigenvalue weighted by Crippen LogP contribution is 2.12. The summed E-state index contributed by atoms with van der Waals surface area (Å²) in [5, 5.41) is 0. The van der Waals surface area contributed by atoms with E-state index >= 15 is 0 Å². The topological polar surface area (TPSA) is 0 Å². The van der Waals surface area contributed by atoms with E-state index in [0.717, 1.165) is 11.0 Å². The maximum Gasteiger partial charge on any atom is 0.0967 e. The van der Waals surface area contributed by atoms with E-state index in [1.54, 1.807) is 0 Å². The fourth-order valence-electron chi connectivity index (χ4n) is 2.44. The second-order valence-electron chi connectivity index (χ2n) is 7.27. The molecule has 0 aromatic rings. The van der Waals surface area contributed by atoms with Gasteiger partial charge in [-0.1, -0.05) is 77.2 Å². The predicted octanol–water partition coefficient (Wildman–Crippen LogP) is 2.95. The molecule has 0 aromatic carbocycles. The Bertz CT molecular complexity index is 218. The van der Waals surface area contributed by atoms with Crippen LogP contribution in [0.1, 0.15) is 84.0 Å². The van der Waals surface area contributed by atoms with Crippen molar-refractivity contribution in [1.82, 2.24) is 0 Å². The Balaban J connectivity index is 0. The van der Waals surface area contributed by atoms with Crippen molar-refractivity contribution in [3.63, 3.8) is 0 Å².